The fraction of sp³-hybridized carbons (Fsp3) is 0.400. The number of carbonyl (C=O) groups is 2. The van der Waals surface area contributed by atoms with E-state index in [1.807, 2.05) is 26.8 Å². The van der Waals surface area contributed by atoms with Crippen LogP contribution in [0.1, 0.15) is 38.3 Å². The fourth-order valence-electron chi connectivity index (χ4n) is 2.12. The number of hydrogen-bond donors (Lipinski definition) is 2. The molecule has 5 nitrogen and oxygen atoms in total. The van der Waals surface area contributed by atoms with Crippen LogP contribution in [0.5, 0.6) is 0 Å². The first kappa shape index (κ1) is 14.2. The van der Waals surface area contributed by atoms with E-state index in [2.05, 4.69) is 10.3 Å². The number of aryl methyl sites for hydroxylation is 1. The van der Waals surface area contributed by atoms with E-state index in [0.717, 1.165) is 11.1 Å². The van der Waals surface area contributed by atoms with Crippen molar-refractivity contribution in [2.75, 3.05) is 5.32 Å². The molecule has 0 aromatic carbocycles. The minimum atomic E-state index is -0.927. The zero-order valence-electron chi connectivity index (χ0n) is 11.9. The van der Waals surface area contributed by atoms with Crippen molar-refractivity contribution in [2.45, 2.75) is 33.6 Å². The number of carbonyl (C=O) groups excluding carboxylic acids is 1. The van der Waals surface area contributed by atoms with Gasteiger partial charge in [-0.1, -0.05) is 20.8 Å². The molecule has 1 aliphatic rings. The molecule has 0 atom stereocenters. The molecule has 1 aromatic heterocycles. The average molecular weight is 274 g/mol. The van der Waals surface area contributed by atoms with Crippen LogP contribution in [0.2, 0.25) is 0 Å². The zero-order chi connectivity index (χ0) is 14.9. The van der Waals surface area contributed by atoms with E-state index in [4.69, 9.17) is 0 Å². The van der Waals surface area contributed by atoms with Crippen LogP contribution in [0.4, 0.5) is 5.82 Å². The highest BCUT2D eigenvalue weighted by molar-refractivity contribution is 5.94. The number of nitrogens with one attached hydrogen (secondary N) is 1. The molecule has 0 saturated heterocycles. The van der Waals surface area contributed by atoms with Crippen molar-refractivity contribution in [3.8, 4) is 0 Å². The molecule has 0 bridgehead atoms. The lowest BCUT2D eigenvalue weighted by Gasteiger charge is -2.20. The number of pyridine rings is 1. The van der Waals surface area contributed by atoms with Crippen LogP contribution in [0, 0.1) is 5.41 Å². The Morgan fingerprint density at radius 1 is 1.40 bits per heavy atom. The van der Waals surface area contributed by atoms with Gasteiger partial charge in [-0.05, 0) is 35.1 Å². The van der Waals surface area contributed by atoms with Gasteiger partial charge in [0.1, 0.15) is 5.82 Å². The Morgan fingerprint density at radius 2 is 2.10 bits per heavy atom. The highest BCUT2D eigenvalue weighted by atomic mass is 16.4. The summed E-state index contributed by atoms with van der Waals surface area (Å²) < 4.78 is 0. The monoisotopic (exact) mass is 274 g/mol. The second-order valence-corrected chi connectivity index (χ2v) is 5.94. The number of amides is 1. The summed E-state index contributed by atoms with van der Waals surface area (Å²) in [6.45, 7) is 5.58. The molecular formula is C15H18N2O3. The number of fused-ring (bicyclic) bond motifs is 1. The van der Waals surface area contributed by atoms with Crippen LogP contribution in [0.25, 0.3) is 6.08 Å². The zero-order valence-corrected chi connectivity index (χ0v) is 11.9. The van der Waals surface area contributed by atoms with Gasteiger partial charge in [-0.15, -0.1) is 0 Å². The topological polar surface area (TPSA) is 79.3 Å². The Morgan fingerprint density at radius 3 is 2.70 bits per heavy atom. The van der Waals surface area contributed by atoms with Gasteiger partial charge in [0.15, 0.2) is 0 Å². The summed E-state index contributed by atoms with van der Waals surface area (Å²) in [6, 6.07) is 1.89. The van der Waals surface area contributed by atoms with Gasteiger partial charge >= 0.3 is 5.97 Å². The first-order valence-corrected chi connectivity index (χ1v) is 6.51. The van der Waals surface area contributed by atoms with Crippen LogP contribution in [0.15, 0.2) is 17.8 Å². The third kappa shape index (κ3) is 3.04. The maximum atomic E-state index is 11.3. The molecule has 0 unspecified atom stereocenters. The van der Waals surface area contributed by atoms with Crippen molar-refractivity contribution in [2.24, 2.45) is 5.41 Å². The van der Waals surface area contributed by atoms with E-state index in [0.29, 0.717) is 24.2 Å². The summed E-state index contributed by atoms with van der Waals surface area (Å²) in [7, 11) is 0. The fourth-order valence-corrected chi connectivity index (χ4v) is 2.12. The number of carboxylic acid groups (broad SMARTS) is 1. The first-order chi connectivity index (χ1) is 9.27. The number of aliphatic carboxylic acids is 1. The van der Waals surface area contributed by atoms with Crippen LogP contribution in [-0.2, 0) is 16.0 Å². The molecule has 2 N–H and O–H groups in total. The van der Waals surface area contributed by atoms with Crippen LogP contribution in [-0.4, -0.2) is 22.0 Å². The third-order valence-corrected chi connectivity index (χ3v) is 3.22. The van der Waals surface area contributed by atoms with Gasteiger partial charge in [-0.2, -0.15) is 0 Å². The van der Waals surface area contributed by atoms with E-state index in [9.17, 15) is 14.7 Å². The number of carboxylic acids is 1. The molecule has 106 valence electrons. The number of nitrogens with zero attached hydrogens (tertiary/aromatic N) is 1. The molecule has 0 aliphatic carbocycles. The van der Waals surface area contributed by atoms with Gasteiger partial charge in [0.25, 0.3) is 0 Å². The van der Waals surface area contributed by atoms with Gasteiger partial charge in [-0.3, -0.25) is 4.79 Å². The lowest BCUT2D eigenvalue weighted by atomic mass is 9.85. The Labute approximate surface area is 117 Å². The predicted octanol–water partition coefficient (Wildman–Crippen LogP) is 2.48. The van der Waals surface area contributed by atoms with Crippen molar-refractivity contribution in [1.82, 2.24) is 4.98 Å². The average Bonchev–Trinajstić information content (AvgIpc) is 2.34. The van der Waals surface area contributed by atoms with E-state index in [-0.39, 0.29) is 5.91 Å². The third-order valence-electron chi connectivity index (χ3n) is 3.22. The summed E-state index contributed by atoms with van der Waals surface area (Å²) in [5, 5.41) is 12.0. The molecule has 1 aliphatic heterocycles. The summed E-state index contributed by atoms with van der Waals surface area (Å²) in [6.07, 6.45) is 4.30. The van der Waals surface area contributed by atoms with Crippen molar-refractivity contribution >= 4 is 23.8 Å². The SMILES string of the molecule is CC(C)(C)C(=Cc1cnc2c(c1)CCC(=O)N2)C(=O)O. The molecule has 2 rings (SSSR count). The molecule has 0 spiro atoms. The van der Waals surface area contributed by atoms with Crippen LogP contribution >= 0.6 is 0 Å². The second-order valence-electron chi connectivity index (χ2n) is 5.94. The van der Waals surface area contributed by atoms with E-state index < -0.39 is 11.4 Å². The van der Waals surface area contributed by atoms with Crippen molar-refractivity contribution in [3.63, 3.8) is 0 Å². The molecule has 20 heavy (non-hydrogen) atoms. The minimum absolute atomic E-state index is 0.0331. The number of rotatable bonds is 2. The molecule has 1 aromatic rings. The van der Waals surface area contributed by atoms with Gasteiger partial charge < -0.3 is 10.4 Å². The maximum Gasteiger partial charge on any atom is 0.332 e. The standard InChI is InChI=1S/C15H18N2O3/c1-15(2,3)11(14(19)20)7-9-6-10-4-5-12(18)17-13(10)16-8-9/h6-8H,4-5H2,1-3H3,(H,19,20)(H,16,17,18). The molecule has 1 amide bonds. The molecule has 5 heteroatoms. The summed E-state index contributed by atoms with van der Waals surface area (Å²) in [4.78, 5) is 26.8. The van der Waals surface area contributed by atoms with Crippen LogP contribution < -0.4 is 5.32 Å². The van der Waals surface area contributed by atoms with Crippen molar-refractivity contribution < 1.29 is 14.7 Å². The van der Waals surface area contributed by atoms with Crippen LogP contribution in [0.3, 0.4) is 0 Å². The minimum Gasteiger partial charge on any atom is -0.478 e. The van der Waals surface area contributed by atoms with Gasteiger partial charge in [0.05, 0.1) is 0 Å². The Bertz CT molecular complexity index is 598. The normalized spacial score (nSPS) is 15.6. The quantitative estimate of drug-likeness (QED) is 0.812. The number of anilines is 1. The Balaban J connectivity index is 2.39. The lowest BCUT2D eigenvalue weighted by molar-refractivity contribution is -0.133. The first-order valence-electron chi connectivity index (χ1n) is 6.51. The molecule has 2 heterocycles. The summed E-state index contributed by atoms with van der Waals surface area (Å²) in [5.74, 6) is -0.385. The molecular weight excluding hydrogens is 256 g/mol. The van der Waals surface area contributed by atoms with Crippen molar-refractivity contribution in [1.29, 1.82) is 0 Å². The predicted molar refractivity (Wildman–Crippen MR) is 76.3 cm³/mol. The smallest absolute Gasteiger partial charge is 0.332 e. The summed E-state index contributed by atoms with van der Waals surface area (Å²) >= 11 is 0. The lowest BCUT2D eigenvalue weighted by Crippen LogP contribution is -2.20. The highest BCUT2D eigenvalue weighted by Crippen LogP contribution is 2.28. The van der Waals surface area contributed by atoms with Crippen molar-refractivity contribution in [3.05, 3.63) is 29.0 Å². The van der Waals surface area contributed by atoms with E-state index in [1.165, 1.54) is 0 Å². The maximum absolute atomic E-state index is 11.3. The molecule has 0 saturated carbocycles. The highest BCUT2D eigenvalue weighted by Gasteiger charge is 2.23. The van der Waals surface area contributed by atoms with Gasteiger partial charge in [0.2, 0.25) is 5.91 Å². The number of hydrogen-bond acceptors (Lipinski definition) is 3. The van der Waals surface area contributed by atoms with E-state index in [1.54, 1.807) is 12.3 Å². The Kier molecular flexibility index (Phi) is 3.61. The number of aromatic nitrogens is 1. The molecule has 0 radical (unpaired) electrons. The van der Waals surface area contributed by atoms with E-state index >= 15 is 0 Å². The van der Waals surface area contributed by atoms with Gasteiger partial charge in [-0.25, -0.2) is 9.78 Å². The Hall–Kier alpha value is -2.17. The van der Waals surface area contributed by atoms with Gasteiger partial charge in [0, 0.05) is 18.2 Å². The second kappa shape index (κ2) is 5.07. The summed E-state index contributed by atoms with van der Waals surface area (Å²) in [5.41, 5.74) is 1.57. The molecule has 0 fully saturated rings. The largest absolute Gasteiger partial charge is 0.478 e.